The van der Waals surface area contributed by atoms with Gasteiger partial charge in [0.25, 0.3) is 0 Å². The largest absolute Gasteiger partial charge is 0.455 e. The van der Waals surface area contributed by atoms with Crippen LogP contribution in [-0.4, -0.2) is 21.5 Å². The van der Waals surface area contributed by atoms with E-state index in [-0.39, 0.29) is 69.0 Å². The van der Waals surface area contributed by atoms with Gasteiger partial charge in [0.05, 0.1) is 16.5 Å². The van der Waals surface area contributed by atoms with Crippen LogP contribution in [0, 0.1) is 24.4 Å². The molecule has 1 aliphatic rings. The van der Waals surface area contributed by atoms with Crippen molar-refractivity contribution in [3.63, 3.8) is 0 Å². The van der Waals surface area contributed by atoms with Gasteiger partial charge in [-0.2, -0.15) is 0 Å². The standard InChI is InChI=1S/C37H27F3N2O3/c1-3-29(43)33-34-31(45-36(33)21-4-7-24(38)8-5-21)10-9-25(35(34)40)26-16-23(17-27(39)20(26)2)30(44)18-37(13-14-37)32-11-6-22-19-41-15-12-28(22)42-32/h4-12,15-17,19H,3,13-14,18H2,1-2H3. The van der Waals surface area contributed by atoms with Gasteiger partial charge in [-0.05, 0) is 97.6 Å². The zero-order valence-electron chi connectivity index (χ0n) is 24.6. The number of aromatic nitrogens is 2. The van der Waals surface area contributed by atoms with Gasteiger partial charge >= 0.3 is 0 Å². The van der Waals surface area contributed by atoms with Crippen LogP contribution in [0.4, 0.5) is 13.2 Å². The molecule has 7 rings (SSSR count). The molecule has 1 saturated carbocycles. The Morgan fingerprint density at radius 1 is 0.911 bits per heavy atom. The first-order valence-electron chi connectivity index (χ1n) is 14.8. The number of carbonyl (C=O) groups excluding carboxylic acids is 2. The monoisotopic (exact) mass is 604 g/mol. The average molecular weight is 605 g/mol. The van der Waals surface area contributed by atoms with E-state index in [0.29, 0.717) is 5.56 Å². The molecule has 8 heteroatoms. The van der Waals surface area contributed by atoms with Crippen LogP contribution in [0.2, 0.25) is 0 Å². The van der Waals surface area contributed by atoms with Crippen LogP contribution in [0.15, 0.2) is 83.5 Å². The molecular weight excluding hydrogens is 577 g/mol. The summed E-state index contributed by atoms with van der Waals surface area (Å²) < 4.78 is 51.5. The number of rotatable bonds is 8. The molecule has 0 radical (unpaired) electrons. The fourth-order valence-corrected chi connectivity index (χ4v) is 6.07. The van der Waals surface area contributed by atoms with E-state index in [0.717, 1.165) is 29.4 Å². The summed E-state index contributed by atoms with van der Waals surface area (Å²) in [7, 11) is 0. The number of benzene rings is 3. The molecule has 3 heterocycles. The Kier molecular flexibility index (Phi) is 6.88. The molecule has 0 bridgehead atoms. The minimum Gasteiger partial charge on any atom is -0.455 e. The second-order valence-corrected chi connectivity index (χ2v) is 11.7. The first kappa shape index (κ1) is 28.6. The number of Topliss-reactive ketones (excluding diaryl/α,β-unsaturated/α-hetero) is 2. The Labute approximate surface area is 256 Å². The van der Waals surface area contributed by atoms with Crippen molar-refractivity contribution in [2.45, 2.75) is 44.9 Å². The summed E-state index contributed by atoms with van der Waals surface area (Å²) >= 11 is 0. The third kappa shape index (κ3) is 4.90. The maximum absolute atomic E-state index is 16.5. The van der Waals surface area contributed by atoms with Crippen LogP contribution in [0.5, 0.6) is 0 Å². The molecule has 0 atom stereocenters. The summed E-state index contributed by atoms with van der Waals surface area (Å²) in [5.74, 6) is -2.35. The highest BCUT2D eigenvalue weighted by atomic mass is 19.1. The highest BCUT2D eigenvalue weighted by Gasteiger charge is 2.47. The van der Waals surface area contributed by atoms with Gasteiger partial charge in [-0.15, -0.1) is 0 Å². The number of fused-ring (bicyclic) bond motifs is 2. The molecule has 0 amide bonds. The molecule has 0 aliphatic heterocycles. The molecule has 1 aliphatic carbocycles. The smallest absolute Gasteiger partial charge is 0.167 e. The van der Waals surface area contributed by atoms with E-state index in [2.05, 4.69) is 4.98 Å². The zero-order valence-corrected chi connectivity index (χ0v) is 24.6. The number of nitrogens with zero attached hydrogens (tertiary/aromatic N) is 2. The minimum absolute atomic E-state index is 0.0373. The van der Waals surface area contributed by atoms with E-state index in [9.17, 15) is 14.0 Å². The molecular formula is C37H27F3N2O3. The van der Waals surface area contributed by atoms with Crippen LogP contribution < -0.4 is 0 Å². The van der Waals surface area contributed by atoms with E-state index in [1.807, 2.05) is 18.2 Å². The van der Waals surface area contributed by atoms with E-state index in [4.69, 9.17) is 9.40 Å². The number of furan rings is 1. The van der Waals surface area contributed by atoms with E-state index in [1.54, 1.807) is 19.3 Å². The fourth-order valence-electron chi connectivity index (χ4n) is 6.07. The van der Waals surface area contributed by atoms with Gasteiger partial charge < -0.3 is 4.42 Å². The summed E-state index contributed by atoms with van der Waals surface area (Å²) in [6, 6.07) is 16.8. The van der Waals surface area contributed by atoms with Crippen molar-refractivity contribution in [3.8, 4) is 22.5 Å². The molecule has 6 aromatic rings. The number of pyridine rings is 2. The summed E-state index contributed by atoms with van der Waals surface area (Å²) in [4.78, 5) is 35.7. The van der Waals surface area contributed by atoms with Gasteiger partial charge in [-0.3, -0.25) is 19.6 Å². The van der Waals surface area contributed by atoms with Gasteiger partial charge in [-0.1, -0.05) is 6.92 Å². The number of carbonyl (C=O) groups is 2. The van der Waals surface area contributed by atoms with Crippen molar-refractivity contribution < 1.29 is 27.2 Å². The Balaban J connectivity index is 1.29. The highest BCUT2D eigenvalue weighted by Crippen LogP contribution is 2.51. The number of halogens is 3. The Bertz CT molecular complexity index is 2160. The molecule has 224 valence electrons. The SMILES string of the molecule is CCC(=O)c1c(-c2ccc(F)cc2)oc2ccc(-c3cc(C(=O)CC4(c5ccc6cnccc6n5)CC4)cc(F)c3C)c(F)c12. The number of hydrogen-bond acceptors (Lipinski definition) is 5. The maximum atomic E-state index is 16.5. The topological polar surface area (TPSA) is 73.1 Å². The summed E-state index contributed by atoms with van der Waals surface area (Å²) in [5.41, 5.74) is 2.30. The molecule has 0 N–H and O–H groups in total. The molecule has 3 aromatic carbocycles. The predicted octanol–water partition coefficient (Wildman–Crippen LogP) is 9.33. The lowest BCUT2D eigenvalue weighted by molar-refractivity contribution is 0.0966. The second-order valence-electron chi connectivity index (χ2n) is 11.7. The Hall–Kier alpha value is -5.11. The summed E-state index contributed by atoms with van der Waals surface area (Å²) in [6.45, 7) is 3.18. The van der Waals surface area contributed by atoms with Crippen molar-refractivity contribution in [1.29, 1.82) is 0 Å². The normalized spacial score (nSPS) is 13.8. The average Bonchev–Trinajstić information content (AvgIpc) is 3.72. The first-order chi connectivity index (χ1) is 21.7. The third-order valence-corrected chi connectivity index (χ3v) is 8.84. The van der Waals surface area contributed by atoms with Crippen LogP contribution >= 0.6 is 0 Å². The van der Waals surface area contributed by atoms with Crippen molar-refractivity contribution in [2.24, 2.45) is 0 Å². The molecule has 0 unspecified atom stereocenters. The fraction of sp³-hybridized carbons (Fsp3) is 0.189. The van der Waals surface area contributed by atoms with Crippen molar-refractivity contribution in [3.05, 3.63) is 119 Å². The molecule has 45 heavy (non-hydrogen) atoms. The molecule has 0 saturated heterocycles. The highest BCUT2D eigenvalue weighted by molar-refractivity contribution is 6.13. The van der Waals surface area contributed by atoms with Crippen LogP contribution in [0.25, 0.3) is 44.3 Å². The minimum atomic E-state index is -0.762. The van der Waals surface area contributed by atoms with Gasteiger partial charge in [-0.25, -0.2) is 13.2 Å². The Morgan fingerprint density at radius 2 is 1.69 bits per heavy atom. The first-order valence-corrected chi connectivity index (χ1v) is 14.8. The van der Waals surface area contributed by atoms with Gasteiger partial charge in [0, 0.05) is 58.4 Å². The molecule has 0 spiro atoms. The quantitative estimate of drug-likeness (QED) is 0.162. The Morgan fingerprint density at radius 3 is 2.42 bits per heavy atom. The van der Waals surface area contributed by atoms with E-state index >= 15 is 8.78 Å². The van der Waals surface area contributed by atoms with Crippen molar-refractivity contribution in [1.82, 2.24) is 9.97 Å². The molecule has 3 aromatic heterocycles. The van der Waals surface area contributed by atoms with E-state index in [1.165, 1.54) is 55.5 Å². The third-order valence-electron chi connectivity index (χ3n) is 8.84. The summed E-state index contributed by atoms with van der Waals surface area (Å²) in [6.07, 6.45) is 5.18. The van der Waals surface area contributed by atoms with Gasteiger partial charge in [0.1, 0.15) is 28.8 Å². The van der Waals surface area contributed by atoms with Gasteiger partial charge in [0.15, 0.2) is 11.6 Å². The summed E-state index contributed by atoms with van der Waals surface area (Å²) in [5, 5.41) is 0.864. The lowest BCUT2D eigenvalue weighted by Crippen LogP contribution is -2.16. The van der Waals surface area contributed by atoms with Crippen LogP contribution in [0.1, 0.15) is 64.6 Å². The van der Waals surface area contributed by atoms with Crippen LogP contribution in [-0.2, 0) is 5.41 Å². The van der Waals surface area contributed by atoms with E-state index < -0.39 is 22.9 Å². The van der Waals surface area contributed by atoms with Crippen LogP contribution in [0.3, 0.4) is 0 Å². The maximum Gasteiger partial charge on any atom is 0.167 e. The van der Waals surface area contributed by atoms with Gasteiger partial charge in [0.2, 0.25) is 0 Å². The van der Waals surface area contributed by atoms with Crippen molar-refractivity contribution >= 4 is 33.4 Å². The predicted molar refractivity (Wildman–Crippen MR) is 166 cm³/mol. The zero-order chi connectivity index (χ0) is 31.5. The number of ketones is 2. The molecule has 1 fully saturated rings. The lowest BCUT2D eigenvalue weighted by atomic mass is 9.89. The molecule has 5 nitrogen and oxygen atoms in total. The second kappa shape index (κ2) is 10.8. The lowest BCUT2D eigenvalue weighted by Gasteiger charge is -2.16. The van der Waals surface area contributed by atoms with Crippen molar-refractivity contribution in [2.75, 3.05) is 0 Å². The number of hydrogen-bond donors (Lipinski definition) is 0.